The minimum atomic E-state index is -0.573. The van der Waals surface area contributed by atoms with Gasteiger partial charge in [-0.15, -0.1) is 10.2 Å². The number of aryl methyl sites for hydroxylation is 1. The number of benzene rings is 1. The SMILES string of the molecule is C[C@H](NC(=O)CCc1ccccc1)C(=O)N1CCC[C@H]1c1nn[nH]n1. The van der Waals surface area contributed by atoms with Gasteiger partial charge >= 0.3 is 0 Å². The third kappa shape index (κ3) is 4.20. The highest BCUT2D eigenvalue weighted by Gasteiger charge is 2.35. The summed E-state index contributed by atoms with van der Waals surface area (Å²) in [5.74, 6) is 0.286. The van der Waals surface area contributed by atoms with Crippen LogP contribution in [-0.2, 0) is 16.0 Å². The molecule has 8 nitrogen and oxygen atoms in total. The predicted molar refractivity (Wildman–Crippen MR) is 90.2 cm³/mol. The number of nitrogens with one attached hydrogen (secondary N) is 2. The van der Waals surface area contributed by atoms with E-state index in [1.54, 1.807) is 11.8 Å². The number of aromatic amines is 1. The number of carbonyl (C=O) groups excluding carboxylic acids is 2. The van der Waals surface area contributed by atoms with Gasteiger partial charge in [-0.1, -0.05) is 35.5 Å². The number of carbonyl (C=O) groups is 2. The van der Waals surface area contributed by atoms with E-state index in [1.165, 1.54) is 0 Å². The molecule has 1 aromatic heterocycles. The standard InChI is InChI=1S/C17H22N6O2/c1-12(18-15(24)10-9-13-6-3-2-4-7-13)17(25)23-11-5-8-14(23)16-19-21-22-20-16/h2-4,6-7,12,14H,5,8-11H2,1H3,(H,18,24)(H,19,20,21,22)/t12-,14-/m0/s1. The van der Waals surface area contributed by atoms with Crippen molar-refractivity contribution in [2.75, 3.05) is 6.54 Å². The monoisotopic (exact) mass is 342 g/mol. The highest BCUT2D eigenvalue weighted by Crippen LogP contribution is 2.29. The van der Waals surface area contributed by atoms with Crippen LogP contribution in [0.5, 0.6) is 0 Å². The maximum Gasteiger partial charge on any atom is 0.245 e. The van der Waals surface area contributed by atoms with Crippen molar-refractivity contribution in [3.63, 3.8) is 0 Å². The van der Waals surface area contributed by atoms with Crippen LogP contribution in [0.25, 0.3) is 0 Å². The van der Waals surface area contributed by atoms with Gasteiger partial charge in [-0.05, 0) is 31.7 Å². The van der Waals surface area contributed by atoms with E-state index < -0.39 is 6.04 Å². The molecule has 0 saturated carbocycles. The number of nitrogens with zero attached hydrogens (tertiary/aromatic N) is 4. The number of likely N-dealkylation sites (tertiary alicyclic amines) is 1. The van der Waals surface area contributed by atoms with Crippen LogP contribution in [0.15, 0.2) is 30.3 Å². The Morgan fingerprint density at radius 2 is 2.16 bits per heavy atom. The summed E-state index contributed by atoms with van der Waals surface area (Å²) in [7, 11) is 0. The molecule has 2 amide bonds. The molecule has 3 rings (SSSR count). The second kappa shape index (κ2) is 7.87. The zero-order chi connectivity index (χ0) is 17.6. The quantitative estimate of drug-likeness (QED) is 0.815. The Bertz CT molecular complexity index is 703. The van der Waals surface area contributed by atoms with E-state index >= 15 is 0 Å². The molecular weight excluding hydrogens is 320 g/mol. The normalized spacial score (nSPS) is 18.1. The molecule has 0 unspecified atom stereocenters. The van der Waals surface area contributed by atoms with E-state index in [-0.39, 0.29) is 17.9 Å². The molecule has 1 saturated heterocycles. The van der Waals surface area contributed by atoms with Gasteiger partial charge in [0.15, 0.2) is 5.82 Å². The molecule has 2 heterocycles. The van der Waals surface area contributed by atoms with Gasteiger partial charge in [0.1, 0.15) is 6.04 Å². The predicted octanol–water partition coefficient (Wildman–Crippen LogP) is 1.00. The lowest BCUT2D eigenvalue weighted by molar-refractivity contribution is -0.136. The topological polar surface area (TPSA) is 104 Å². The molecule has 2 aromatic rings. The number of rotatable bonds is 6. The van der Waals surface area contributed by atoms with Gasteiger partial charge in [-0.2, -0.15) is 5.21 Å². The second-order valence-electron chi connectivity index (χ2n) is 6.23. The van der Waals surface area contributed by atoms with E-state index in [4.69, 9.17) is 0 Å². The lowest BCUT2D eigenvalue weighted by atomic mass is 10.1. The first-order valence-electron chi connectivity index (χ1n) is 8.52. The highest BCUT2D eigenvalue weighted by molar-refractivity contribution is 5.87. The summed E-state index contributed by atoms with van der Waals surface area (Å²) in [5.41, 5.74) is 1.10. The van der Waals surface area contributed by atoms with Crippen LogP contribution in [-0.4, -0.2) is 49.9 Å². The van der Waals surface area contributed by atoms with Gasteiger partial charge in [0.05, 0.1) is 6.04 Å². The van der Waals surface area contributed by atoms with Crippen LogP contribution in [0.4, 0.5) is 0 Å². The summed E-state index contributed by atoms with van der Waals surface area (Å²) in [5, 5.41) is 16.8. The smallest absolute Gasteiger partial charge is 0.245 e. The molecule has 1 aliphatic heterocycles. The van der Waals surface area contributed by atoms with Crippen molar-refractivity contribution in [3.05, 3.63) is 41.7 Å². The Balaban J connectivity index is 1.52. The summed E-state index contributed by atoms with van der Waals surface area (Å²) >= 11 is 0. The van der Waals surface area contributed by atoms with Gasteiger partial charge in [0.2, 0.25) is 11.8 Å². The van der Waals surface area contributed by atoms with Crippen molar-refractivity contribution in [2.45, 2.75) is 44.7 Å². The minimum absolute atomic E-state index is 0.111. The average Bonchev–Trinajstić information content (AvgIpc) is 3.31. The number of hydrogen-bond acceptors (Lipinski definition) is 5. The summed E-state index contributed by atoms with van der Waals surface area (Å²) < 4.78 is 0. The average molecular weight is 342 g/mol. The first-order chi connectivity index (χ1) is 12.1. The molecule has 0 radical (unpaired) electrons. The number of aromatic nitrogens is 4. The lowest BCUT2D eigenvalue weighted by Gasteiger charge is -2.26. The zero-order valence-corrected chi connectivity index (χ0v) is 14.2. The fourth-order valence-corrected chi connectivity index (χ4v) is 3.14. The third-order valence-electron chi connectivity index (χ3n) is 4.43. The number of hydrogen-bond donors (Lipinski definition) is 2. The van der Waals surface area contributed by atoms with Crippen LogP contribution in [0.3, 0.4) is 0 Å². The van der Waals surface area contributed by atoms with E-state index in [0.717, 1.165) is 18.4 Å². The van der Waals surface area contributed by atoms with Crippen molar-refractivity contribution in [1.29, 1.82) is 0 Å². The number of amides is 2. The molecule has 1 aliphatic rings. The van der Waals surface area contributed by atoms with Crippen molar-refractivity contribution in [3.8, 4) is 0 Å². The van der Waals surface area contributed by atoms with Crippen LogP contribution in [0.1, 0.15) is 43.6 Å². The third-order valence-corrected chi connectivity index (χ3v) is 4.43. The van der Waals surface area contributed by atoms with Crippen molar-refractivity contribution in [1.82, 2.24) is 30.8 Å². The maximum absolute atomic E-state index is 12.7. The Labute approximate surface area is 146 Å². The largest absolute Gasteiger partial charge is 0.345 e. The molecule has 2 N–H and O–H groups in total. The number of tetrazole rings is 1. The zero-order valence-electron chi connectivity index (χ0n) is 14.2. The highest BCUT2D eigenvalue weighted by atomic mass is 16.2. The first-order valence-corrected chi connectivity index (χ1v) is 8.52. The Kier molecular flexibility index (Phi) is 5.37. The lowest BCUT2D eigenvalue weighted by Crippen LogP contribution is -2.46. The molecule has 2 atom stereocenters. The van der Waals surface area contributed by atoms with Crippen molar-refractivity contribution >= 4 is 11.8 Å². The molecule has 0 bridgehead atoms. The van der Waals surface area contributed by atoms with E-state index in [2.05, 4.69) is 25.9 Å². The molecule has 1 fully saturated rings. The molecular formula is C17H22N6O2. The molecule has 1 aromatic carbocycles. The van der Waals surface area contributed by atoms with E-state index in [0.29, 0.717) is 25.2 Å². The maximum atomic E-state index is 12.7. The van der Waals surface area contributed by atoms with Gasteiger partial charge in [-0.3, -0.25) is 9.59 Å². The summed E-state index contributed by atoms with van der Waals surface area (Å²) in [6, 6.07) is 9.07. The van der Waals surface area contributed by atoms with Gasteiger partial charge in [0.25, 0.3) is 0 Å². The minimum Gasteiger partial charge on any atom is -0.345 e. The Morgan fingerprint density at radius 1 is 1.36 bits per heavy atom. The molecule has 0 aliphatic carbocycles. The van der Waals surface area contributed by atoms with Crippen molar-refractivity contribution < 1.29 is 9.59 Å². The van der Waals surface area contributed by atoms with E-state index in [1.807, 2.05) is 30.3 Å². The summed E-state index contributed by atoms with van der Waals surface area (Å²) in [6.45, 7) is 2.36. The Hall–Kier alpha value is -2.77. The van der Waals surface area contributed by atoms with Gasteiger partial charge in [-0.25, -0.2) is 0 Å². The van der Waals surface area contributed by atoms with Crippen LogP contribution < -0.4 is 5.32 Å². The van der Waals surface area contributed by atoms with Crippen molar-refractivity contribution in [2.24, 2.45) is 0 Å². The van der Waals surface area contributed by atoms with Gasteiger partial charge < -0.3 is 10.2 Å². The fraction of sp³-hybridized carbons (Fsp3) is 0.471. The van der Waals surface area contributed by atoms with Crippen LogP contribution in [0, 0.1) is 0 Å². The molecule has 8 heteroatoms. The van der Waals surface area contributed by atoms with Crippen LogP contribution in [0.2, 0.25) is 0 Å². The fourth-order valence-electron chi connectivity index (χ4n) is 3.14. The van der Waals surface area contributed by atoms with E-state index in [9.17, 15) is 9.59 Å². The molecule has 25 heavy (non-hydrogen) atoms. The van der Waals surface area contributed by atoms with Crippen LogP contribution >= 0.6 is 0 Å². The number of H-pyrrole nitrogens is 1. The molecule has 0 spiro atoms. The second-order valence-corrected chi connectivity index (χ2v) is 6.23. The Morgan fingerprint density at radius 3 is 2.88 bits per heavy atom. The first kappa shape index (κ1) is 17.1. The summed E-state index contributed by atoms with van der Waals surface area (Å²) in [4.78, 5) is 26.5. The molecule has 132 valence electrons. The van der Waals surface area contributed by atoms with Gasteiger partial charge in [0, 0.05) is 13.0 Å². The summed E-state index contributed by atoms with van der Waals surface area (Å²) in [6.07, 6.45) is 2.71.